The Kier molecular flexibility index (Phi) is 6.44. The summed E-state index contributed by atoms with van der Waals surface area (Å²) in [5, 5.41) is 11.9. The highest BCUT2D eigenvalue weighted by atomic mass is 79.9. The summed E-state index contributed by atoms with van der Waals surface area (Å²) in [5.74, 6) is -1.96. The highest BCUT2D eigenvalue weighted by Crippen LogP contribution is 2.33. The molecule has 3 aromatic rings. The molecule has 0 fully saturated rings. The van der Waals surface area contributed by atoms with Gasteiger partial charge >= 0.3 is 5.97 Å². The number of nitrogens with one attached hydrogen (secondary N) is 2. The molecule has 0 radical (unpaired) electrons. The van der Waals surface area contributed by atoms with Crippen molar-refractivity contribution in [1.29, 1.82) is 0 Å². The van der Waals surface area contributed by atoms with Crippen molar-refractivity contribution in [3.05, 3.63) is 81.6 Å². The summed E-state index contributed by atoms with van der Waals surface area (Å²) in [5.41, 5.74) is 0.118. The van der Waals surface area contributed by atoms with Crippen molar-refractivity contribution in [2.24, 2.45) is 0 Å². The van der Waals surface area contributed by atoms with Crippen LogP contribution < -0.4 is 19.5 Å². The van der Waals surface area contributed by atoms with Crippen LogP contribution in [0.2, 0.25) is 0 Å². The number of carbonyl (C=O) groups is 2. The lowest BCUT2D eigenvalue weighted by molar-refractivity contribution is 0.0694. The fraction of sp³-hybridized carbons (Fsp3) is 0.0909. The number of anilines is 1. The van der Waals surface area contributed by atoms with Gasteiger partial charge in [0.25, 0.3) is 15.9 Å². The number of aromatic carboxylic acids is 1. The van der Waals surface area contributed by atoms with Gasteiger partial charge < -0.3 is 19.9 Å². The topological polar surface area (TPSA) is 131 Å². The molecule has 176 valence electrons. The Morgan fingerprint density at radius 3 is 2.53 bits per heavy atom. The van der Waals surface area contributed by atoms with E-state index in [1.165, 1.54) is 18.2 Å². The molecular formula is C22H16BrFN2O7S. The summed E-state index contributed by atoms with van der Waals surface area (Å²) >= 11 is 2.92. The molecule has 9 nitrogen and oxygen atoms in total. The second-order valence-corrected chi connectivity index (χ2v) is 9.54. The molecular weight excluding hydrogens is 535 g/mol. The van der Waals surface area contributed by atoms with Gasteiger partial charge in [-0.05, 0) is 57.9 Å². The molecule has 1 heterocycles. The molecule has 0 aliphatic carbocycles. The normalized spacial score (nSPS) is 12.3. The summed E-state index contributed by atoms with van der Waals surface area (Å²) in [7, 11) is -4.46. The van der Waals surface area contributed by atoms with Crippen molar-refractivity contribution in [2.75, 3.05) is 11.5 Å². The van der Waals surface area contributed by atoms with Gasteiger partial charge in [0, 0.05) is 6.54 Å². The van der Waals surface area contributed by atoms with Crippen LogP contribution in [-0.4, -0.2) is 32.2 Å². The summed E-state index contributed by atoms with van der Waals surface area (Å²) in [4.78, 5) is 23.5. The second kappa shape index (κ2) is 9.31. The fourth-order valence-electron chi connectivity index (χ4n) is 3.21. The maximum atomic E-state index is 13.9. The zero-order chi connectivity index (χ0) is 24.5. The minimum Gasteiger partial charge on any atom is -0.478 e. The standard InChI is InChI=1S/C22H16BrFN2O7S/c23-20-15(22(28)29)8-13(24)9-19(20)34(30,31)26-16-4-2-1-3-14(16)21(27)25-10-12-5-6-17-18(7-12)33-11-32-17/h1-9,26H,10-11H2,(H,25,27)(H,28,29). The van der Waals surface area contributed by atoms with E-state index < -0.39 is 38.2 Å². The number of fused-ring (bicyclic) bond motifs is 1. The molecule has 0 saturated heterocycles. The number of halogens is 2. The molecule has 0 unspecified atom stereocenters. The minimum atomic E-state index is -4.46. The van der Waals surface area contributed by atoms with Gasteiger partial charge in [0.1, 0.15) is 10.7 Å². The van der Waals surface area contributed by atoms with Crippen LogP contribution in [0.1, 0.15) is 26.3 Å². The van der Waals surface area contributed by atoms with Crippen LogP contribution in [0.3, 0.4) is 0 Å². The average molecular weight is 551 g/mol. The number of ether oxygens (including phenoxy) is 2. The largest absolute Gasteiger partial charge is 0.478 e. The number of carboxylic acids is 1. The highest BCUT2D eigenvalue weighted by molar-refractivity contribution is 9.10. The monoisotopic (exact) mass is 550 g/mol. The quantitative estimate of drug-likeness (QED) is 0.408. The average Bonchev–Trinajstić information content (AvgIpc) is 3.26. The zero-order valence-electron chi connectivity index (χ0n) is 17.2. The Labute approximate surface area is 201 Å². The van der Waals surface area contributed by atoms with Crippen molar-refractivity contribution in [3.63, 3.8) is 0 Å². The third-order valence-corrected chi connectivity index (χ3v) is 7.34. The van der Waals surface area contributed by atoms with Gasteiger partial charge in [-0.2, -0.15) is 0 Å². The van der Waals surface area contributed by atoms with E-state index in [1.807, 2.05) is 0 Å². The van der Waals surface area contributed by atoms with Crippen LogP contribution in [0.15, 0.2) is 64.0 Å². The van der Waals surface area contributed by atoms with Crippen molar-refractivity contribution >= 4 is 43.5 Å². The second-order valence-electron chi connectivity index (χ2n) is 7.09. The Balaban J connectivity index is 1.57. The lowest BCUT2D eigenvalue weighted by Crippen LogP contribution is -2.25. The molecule has 1 aliphatic heterocycles. The third kappa shape index (κ3) is 4.82. The van der Waals surface area contributed by atoms with Gasteiger partial charge in [-0.25, -0.2) is 17.6 Å². The fourth-order valence-corrected chi connectivity index (χ4v) is 5.44. The number of rotatable bonds is 7. The van der Waals surface area contributed by atoms with Crippen LogP contribution in [0, 0.1) is 5.82 Å². The number of hydrogen-bond donors (Lipinski definition) is 3. The Morgan fingerprint density at radius 1 is 1.03 bits per heavy atom. The molecule has 0 aromatic heterocycles. The predicted molar refractivity (Wildman–Crippen MR) is 122 cm³/mol. The first-order chi connectivity index (χ1) is 16.2. The maximum Gasteiger partial charge on any atom is 0.336 e. The molecule has 1 aliphatic rings. The van der Waals surface area contributed by atoms with E-state index in [-0.39, 0.29) is 29.1 Å². The SMILES string of the molecule is O=C(NCc1ccc2c(c1)OCO2)c1ccccc1NS(=O)(=O)c1cc(F)cc(C(=O)O)c1Br. The van der Waals surface area contributed by atoms with E-state index in [0.29, 0.717) is 23.6 Å². The number of benzene rings is 3. The van der Waals surface area contributed by atoms with Gasteiger partial charge in [-0.15, -0.1) is 0 Å². The van der Waals surface area contributed by atoms with Crippen LogP contribution in [0.25, 0.3) is 0 Å². The van der Waals surface area contributed by atoms with Gasteiger partial charge in [0.2, 0.25) is 6.79 Å². The lowest BCUT2D eigenvalue weighted by Gasteiger charge is -2.14. The van der Waals surface area contributed by atoms with Crippen molar-refractivity contribution in [2.45, 2.75) is 11.4 Å². The molecule has 3 N–H and O–H groups in total. The van der Waals surface area contributed by atoms with Gasteiger partial charge in [-0.1, -0.05) is 18.2 Å². The summed E-state index contributed by atoms with van der Waals surface area (Å²) < 4.78 is 52.3. The number of amides is 1. The van der Waals surface area contributed by atoms with E-state index in [9.17, 15) is 27.5 Å². The van der Waals surface area contributed by atoms with Crippen LogP contribution in [0.4, 0.5) is 10.1 Å². The highest BCUT2D eigenvalue weighted by Gasteiger charge is 2.25. The molecule has 0 atom stereocenters. The number of para-hydroxylation sites is 1. The summed E-state index contributed by atoms with van der Waals surface area (Å²) in [6, 6.07) is 12.4. The van der Waals surface area contributed by atoms with E-state index in [2.05, 4.69) is 26.0 Å². The summed E-state index contributed by atoms with van der Waals surface area (Å²) in [6.07, 6.45) is 0. The predicted octanol–water partition coefficient (Wildman–Crippen LogP) is 3.75. The molecule has 0 spiro atoms. The van der Waals surface area contributed by atoms with E-state index in [1.54, 1.807) is 24.3 Å². The van der Waals surface area contributed by atoms with Crippen molar-refractivity contribution in [1.82, 2.24) is 5.32 Å². The lowest BCUT2D eigenvalue weighted by atomic mass is 10.1. The van der Waals surface area contributed by atoms with Crippen LogP contribution in [-0.2, 0) is 16.6 Å². The van der Waals surface area contributed by atoms with E-state index >= 15 is 0 Å². The first-order valence-corrected chi connectivity index (χ1v) is 11.9. The van der Waals surface area contributed by atoms with Crippen LogP contribution >= 0.6 is 15.9 Å². The number of carboxylic acid groups (broad SMARTS) is 1. The van der Waals surface area contributed by atoms with E-state index in [4.69, 9.17) is 9.47 Å². The van der Waals surface area contributed by atoms with Gasteiger partial charge in [0.05, 0.1) is 21.3 Å². The zero-order valence-corrected chi connectivity index (χ0v) is 19.6. The molecule has 3 aromatic carbocycles. The molecule has 4 rings (SSSR count). The minimum absolute atomic E-state index is 0.0119. The Hall–Kier alpha value is -3.64. The third-order valence-electron chi connectivity index (χ3n) is 4.83. The molecule has 1 amide bonds. The van der Waals surface area contributed by atoms with E-state index in [0.717, 1.165) is 5.56 Å². The molecule has 0 saturated carbocycles. The Bertz CT molecular complexity index is 1410. The van der Waals surface area contributed by atoms with Crippen molar-refractivity contribution < 1.29 is 37.0 Å². The van der Waals surface area contributed by atoms with Gasteiger partial charge in [0.15, 0.2) is 11.5 Å². The summed E-state index contributed by atoms with van der Waals surface area (Å²) in [6.45, 7) is 0.252. The van der Waals surface area contributed by atoms with Crippen LogP contribution in [0.5, 0.6) is 11.5 Å². The maximum absolute atomic E-state index is 13.9. The molecule has 12 heteroatoms. The Morgan fingerprint density at radius 2 is 1.76 bits per heavy atom. The molecule has 0 bridgehead atoms. The number of hydrogen-bond acceptors (Lipinski definition) is 6. The smallest absolute Gasteiger partial charge is 0.336 e. The number of sulfonamides is 1. The molecule has 34 heavy (non-hydrogen) atoms. The first-order valence-electron chi connectivity index (χ1n) is 9.66. The van der Waals surface area contributed by atoms with Crippen molar-refractivity contribution in [3.8, 4) is 11.5 Å². The number of carbonyl (C=O) groups excluding carboxylic acids is 1. The van der Waals surface area contributed by atoms with Gasteiger partial charge in [-0.3, -0.25) is 9.52 Å². The first kappa shape index (κ1) is 23.5.